The van der Waals surface area contributed by atoms with E-state index in [1.165, 1.54) is 23.1 Å². The van der Waals surface area contributed by atoms with Crippen LogP contribution in [0.3, 0.4) is 0 Å². The number of hydrogen-bond acceptors (Lipinski definition) is 7. The number of carbonyl (C=O) groups excluding carboxylic acids is 2. The van der Waals surface area contributed by atoms with Gasteiger partial charge in [0.2, 0.25) is 0 Å². The van der Waals surface area contributed by atoms with E-state index in [1.807, 2.05) is 28.1 Å². The molecule has 10 nitrogen and oxygen atoms in total. The molecule has 4 N–H and O–H groups in total. The van der Waals surface area contributed by atoms with Gasteiger partial charge in [0.25, 0.3) is 5.91 Å². The molecule has 0 bridgehead atoms. The van der Waals surface area contributed by atoms with E-state index in [1.54, 1.807) is 0 Å². The zero-order valence-corrected chi connectivity index (χ0v) is 20.3. The average Bonchev–Trinajstić information content (AvgIpc) is 3.24. The van der Waals surface area contributed by atoms with Gasteiger partial charge in [-0.15, -0.1) is 0 Å². The molecule has 0 atom stereocenters. The minimum Gasteiger partial charge on any atom is -0.394 e. The second kappa shape index (κ2) is 12.6. The van der Waals surface area contributed by atoms with Gasteiger partial charge in [0.05, 0.1) is 42.9 Å². The molecule has 1 aliphatic heterocycles. The van der Waals surface area contributed by atoms with E-state index in [0.717, 1.165) is 12.3 Å². The number of hydrogen-bond donors (Lipinski definition) is 4. The second-order valence-electron chi connectivity index (χ2n) is 7.06. The highest BCUT2D eigenvalue weighted by atomic mass is 127. The Morgan fingerprint density at radius 2 is 2.06 bits per heavy atom. The van der Waals surface area contributed by atoms with Crippen LogP contribution >= 0.6 is 22.6 Å². The number of nitrogens with zero attached hydrogens (tertiary/aromatic N) is 2. The van der Waals surface area contributed by atoms with E-state index in [-0.39, 0.29) is 31.5 Å². The Balaban J connectivity index is 1.83. The summed E-state index contributed by atoms with van der Waals surface area (Å²) in [4.78, 5) is 35.3. The summed E-state index contributed by atoms with van der Waals surface area (Å²) in [5.41, 5.74) is 0.320. The second-order valence-corrected chi connectivity index (χ2v) is 8.30. The van der Waals surface area contributed by atoms with Crippen LogP contribution in [0.25, 0.3) is 0 Å². The van der Waals surface area contributed by atoms with Gasteiger partial charge in [-0.1, -0.05) is 5.16 Å². The molecule has 0 aliphatic carbocycles. The quantitative estimate of drug-likeness (QED) is 0.135. The van der Waals surface area contributed by atoms with E-state index in [9.17, 15) is 18.4 Å². The number of aliphatic hydroxyl groups is 1. The molecule has 0 radical (unpaired) electrons. The van der Waals surface area contributed by atoms with Crippen molar-refractivity contribution >= 4 is 52.1 Å². The molecule has 1 heterocycles. The molecule has 1 aliphatic rings. The maximum atomic E-state index is 15.0. The number of urea groups is 1. The molecular formula is C21H21F3IN5O5. The standard InChI is InChI=1S/C21H21F3IN5O5/c22-15-10-13(25)1-2-16(15)28-19-14(20(32)29-35-8-6-31)9-12(17(23)18(19)24)11-27-34-7-5-30-4-3-26-21(30)33/h1-2,9-11,28,31H,3-8H2,(H,26,33)(H,29,32). The normalized spacial score (nSPS) is 13.3. The summed E-state index contributed by atoms with van der Waals surface area (Å²) in [6.07, 6.45) is 0.864. The lowest BCUT2D eigenvalue weighted by molar-refractivity contribution is 0.0168. The van der Waals surface area contributed by atoms with Crippen LogP contribution < -0.4 is 16.1 Å². The number of oxime groups is 1. The van der Waals surface area contributed by atoms with Crippen LogP contribution in [0.1, 0.15) is 15.9 Å². The average molecular weight is 607 g/mol. The van der Waals surface area contributed by atoms with Gasteiger partial charge in [-0.2, -0.15) is 0 Å². The van der Waals surface area contributed by atoms with Crippen LogP contribution in [-0.4, -0.2) is 67.6 Å². The van der Waals surface area contributed by atoms with Crippen molar-refractivity contribution in [1.82, 2.24) is 15.7 Å². The first-order valence-corrected chi connectivity index (χ1v) is 11.3. The summed E-state index contributed by atoms with van der Waals surface area (Å²) in [5, 5.41) is 17.4. The van der Waals surface area contributed by atoms with Gasteiger partial charge in [0.1, 0.15) is 12.4 Å². The van der Waals surface area contributed by atoms with Gasteiger partial charge < -0.3 is 25.5 Å². The predicted octanol–water partition coefficient (Wildman–Crippen LogP) is 2.48. The zero-order chi connectivity index (χ0) is 25.4. The van der Waals surface area contributed by atoms with Crippen molar-refractivity contribution in [1.29, 1.82) is 0 Å². The smallest absolute Gasteiger partial charge is 0.317 e. The SMILES string of the molecule is O=C(NOCCO)c1cc(C=NOCCN2CCNC2=O)c(F)c(F)c1Nc1ccc(I)cc1F. The van der Waals surface area contributed by atoms with Gasteiger partial charge in [-0.25, -0.2) is 23.4 Å². The number of halogens is 4. The van der Waals surface area contributed by atoms with Crippen molar-refractivity contribution in [2.24, 2.45) is 5.16 Å². The first-order valence-electron chi connectivity index (χ1n) is 10.3. The summed E-state index contributed by atoms with van der Waals surface area (Å²) < 4.78 is 44.7. The molecule has 3 rings (SSSR count). The lowest BCUT2D eigenvalue weighted by Crippen LogP contribution is -2.30. The third-order valence-electron chi connectivity index (χ3n) is 4.69. The van der Waals surface area contributed by atoms with Crippen LogP contribution in [0.5, 0.6) is 0 Å². The summed E-state index contributed by atoms with van der Waals surface area (Å²) in [5.74, 6) is -4.56. The van der Waals surface area contributed by atoms with E-state index in [4.69, 9.17) is 14.8 Å². The van der Waals surface area contributed by atoms with Gasteiger partial charge >= 0.3 is 6.03 Å². The molecule has 14 heteroatoms. The minimum absolute atomic E-state index is 0.00207. The van der Waals surface area contributed by atoms with Gasteiger partial charge in [-0.3, -0.25) is 9.63 Å². The fourth-order valence-electron chi connectivity index (χ4n) is 3.01. The molecule has 2 aromatic carbocycles. The van der Waals surface area contributed by atoms with Gasteiger partial charge in [0, 0.05) is 22.2 Å². The summed E-state index contributed by atoms with van der Waals surface area (Å²) >= 11 is 1.88. The molecule has 0 aromatic heterocycles. The number of nitrogens with one attached hydrogen (secondary N) is 3. The van der Waals surface area contributed by atoms with E-state index >= 15 is 4.39 Å². The van der Waals surface area contributed by atoms with Crippen molar-refractivity contribution in [2.75, 3.05) is 44.8 Å². The van der Waals surface area contributed by atoms with Crippen LogP contribution in [0.15, 0.2) is 29.4 Å². The fourth-order valence-corrected chi connectivity index (χ4v) is 3.46. The Morgan fingerprint density at radius 3 is 2.74 bits per heavy atom. The van der Waals surface area contributed by atoms with Crippen molar-refractivity contribution < 1.29 is 37.5 Å². The summed E-state index contributed by atoms with van der Waals surface area (Å²) in [6, 6.07) is 4.75. The molecule has 0 spiro atoms. The molecule has 0 saturated carbocycles. The molecule has 1 saturated heterocycles. The number of hydroxylamine groups is 1. The highest BCUT2D eigenvalue weighted by Crippen LogP contribution is 2.30. The van der Waals surface area contributed by atoms with Crippen molar-refractivity contribution in [3.05, 3.63) is 56.4 Å². The van der Waals surface area contributed by atoms with Crippen molar-refractivity contribution in [3.63, 3.8) is 0 Å². The maximum absolute atomic E-state index is 15.0. The van der Waals surface area contributed by atoms with E-state index in [2.05, 4.69) is 15.8 Å². The van der Waals surface area contributed by atoms with Gasteiger partial charge in [0.15, 0.2) is 11.6 Å². The third kappa shape index (κ3) is 6.95. The number of rotatable bonds is 11. The largest absolute Gasteiger partial charge is 0.394 e. The highest BCUT2D eigenvalue weighted by molar-refractivity contribution is 14.1. The van der Waals surface area contributed by atoms with Crippen molar-refractivity contribution in [2.45, 2.75) is 0 Å². The predicted molar refractivity (Wildman–Crippen MR) is 128 cm³/mol. The minimum atomic E-state index is -1.46. The maximum Gasteiger partial charge on any atom is 0.317 e. The lowest BCUT2D eigenvalue weighted by atomic mass is 10.1. The van der Waals surface area contributed by atoms with Crippen LogP contribution in [-0.2, 0) is 9.68 Å². The molecule has 1 fully saturated rings. The third-order valence-corrected chi connectivity index (χ3v) is 5.36. The fraction of sp³-hybridized carbons (Fsp3) is 0.286. The molecule has 2 aromatic rings. The molecule has 188 valence electrons. The molecule has 35 heavy (non-hydrogen) atoms. The Labute approximate surface area is 211 Å². The van der Waals surface area contributed by atoms with Gasteiger partial charge in [-0.05, 0) is 46.9 Å². The van der Waals surface area contributed by atoms with Crippen LogP contribution in [0.4, 0.5) is 29.3 Å². The van der Waals surface area contributed by atoms with E-state index in [0.29, 0.717) is 16.7 Å². The Morgan fingerprint density at radius 1 is 1.26 bits per heavy atom. The highest BCUT2D eigenvalue weighted by Gasteiger charge is 2.24. The Hall–Kier alpha value is -3.11. The zero-order valence-electron chi connectivity index (χ0n) is 18.1. The number of anilines is 2. The number of carbonyl (C=O) groups is 2. The summed E-state index contributed by atoms with van der Waals surface area (Å²) in [6.45, 7) is 0.624. The Kier molecular flexibility index (Phi) is 9.50. The first kappa shape index (κ1) is 26.5. The number of benzene rings is 2. The lowest BCUT2D eigenvalue weighted by Gasteiger charge is -2.16. The first-order chi connectivity index (χ1) is 16.8. The van der Waals surface area contributed by atoms with Crippen molar-refractivity contribution in [3.8, 4) is 0 Å². The van der Waals surface area contributed by atoms with E-state index < -0.39 is 46.8 Å². The van der Waals surface area contributed by atoms with Crippen LogP contribution in [0.2, 0.25) is 0 Å². The Bertz CT molecular complexity index is 1120. The monoisotopic (exact) mass is 607 g/mol. The molecule has 0 unspecified atom stereocenters. The van der Waals surface area contributed by atoms with Crippen LogP contribution in [0, 0.1) is 21.0 Å². The number of aliphatic hydroxyl groups excluding tert-OH is 1. The molecule has 3 amide bonds. The molecular weight excluding hydrogens is 586 g/mol. The topological polar surface area (TPSA) is 125 Å². The summed E-state index contributed by atoms with van der Waals surface area (Å²) in [7, 11) is 0. The number of amides is 3.